The van der Waals surface area contributed by atoms with Crippen LogP contribution in [0.5, 0.6) is 0 Å². The van der Waals surface area contributed by atoms with Gasteiger partial charge in [0.25, 0.3) is 0 Å². The van der Waals surface area contributed by atoms with Crippen molar-refractivity contribution in [2.75, 3.05) is 6.61 Å². The summed E-state index contributed by atoms with van der Waals surface area (Å²) in [5, 5.41) is 9.06. The highest BCUT2D eigenvalue weighted by Crippen LogP contribution is 2.24. The van der Waals surface area contributed by atoms with Crippen LogP contribution in [0.15, 0.2) is 24.8 Å². The molecule has 0 saturated heterocycles. The highest BCUT2D eigenvalue weighted by molar-refractivity contribution is 6.32. The number of hydrogen-bond acceptors (Lipinski definition) is 2. The molecule has 1 aromatic carbocycles. The van der Waals surface area contributed by atoms with Crippen LogP contribution >= 0.6 is 11.6 Å². The normalized spacial score (nSPS) is 9.73. The SMILES string of the molecule is C=C(OCC)c1ccc(C(=O)O)cc1Cl. The Bertz CT molecular complexity index is 399. The van der Waals surface area contributed by atoms with E-state index in [0.29, 0.717) is 23.0 Å². The van der Waals surface area contributed by atoms with Gasteiger partial charge in [-0.1, -0.05) is 18.2 Å². The maximum absolute atomic E-state index is 10.6. The van der Waals surface area contributed by atoms with E-state index in [0.717, 1.165) is 0 Å². The maximum Gasteiger partial charge on any atom is 0.335 e. The van der Waals surface area contributed by atoms with E-state index in [1.165, 1.54) is 12.1 Å². The number of aromatic carboxylic acids is 1. The highest BCUT2D eigenvalue weighted by Gasteiger charge is 2.09. The van der Waals surface area contributed by atoms with Crippen molar-refractivity contribution in [3.63, 3.8) is 0 Å². The lowest BCUT2D eigenvalue weighted by molar-refractivity contribution is 0.0697. The molecule has 3 nitrogen and oxygen atoms in total. The van der Waals surface area contributed by atoms with Crippen LogP contribution in [0.3, 0.4) is 0 Å². The van der Waals surface area contributed by atoms with Gasteiger partial charge in [0.15, 0.2) is 0 Å². The minimum absolute atomic E-state index is 0.146. The van der Waals surface area contributed by atoms with Crippen molar-refractivity contribution in [1.29, 1.82) is 0 Å². The van der Waals surface area contributed by atoms with Crippen LogP contribution in [0, 0.1) is 0 Å². The molecule has 0 amide bonds. The fourth-order valence-electron chi connectivity index (χ4n) is 1.13. The van der Waals surface area contributed by atoms with Crippen molar-refractivity contribution in [3.8, 4) is 0 Å². The average Bonchev–Trinajstić information content (AvgIpc) is 2.17. The number of hydrogen-bond donors (Lipinski definition) is 1. The zero-order chi connectivity index (χ0) is 11.4. The number of ether oxygens (including phenoxy) is 1. The zero-order valence-corrected chi connectivity index (χ0v) is 9.04. The second-order valence-corrected chi connectivity index (χ2v) is 3.26. The number of benzene rings is 1. The minimum atomic E-state index is -1.01. The van der Waals surface area contributed by atoms with E-state index in [1.54, 1.807) is 6.07 Å². The molecule has 1 rings (SSSR count). The van der Waals surface area contributed by atoms with Crippen LogP contribution in [-0.4, -0.2) is 17.7 Å². The van der Waals surface area contributed by atoms with Gasteiger partial charge in [0, 0.05) is 5.56 Å². The molecule has 0 aromatic heterocycles. The molecule has 0 aliphatic carbocycles. The molecular formula is C11H11ClO3. The molecule has 0 unspecified atom stereocenters. The Labute approximate surface area is 92.9 Å². The zero-order valence-electron chi connectivity index (χ0n) is 8.29. The van der Waals surface area contributed by atoms with Crippen LogP contribution in [-0.2, 0) is 4.74 Å². The summed E-state index contributed by atoms with van der Waals surface area (Å²) in [4.78, 5) is 10.6. The lowest BCUT2D eigenvalue weighted by Crippen LogP contribution is -1.98. The van der Waals surface area contributed by atoms with Gasteiger partial charge in [-0.25, -0.2) is 4.79 Å². The number of carboxylic acid groups (broad SMARTS) is 1. The van der Waals surface area contributed by atoms with Crippen molar-refractivity contribution in [2.45, 2.75) is 6.92 Å². The standard InChI is InChI=1S/C11H11ClO3/c1-3-15-7(2)9-5-4-8(11(13)14)6-10(9)12/h4-6H,2-3H2,1H3,(H,13,14). The molecule has 0 atom stereocenters. The Morgan fingerprint density at radius 2 is 2.27 bits per heavy atom. The van der Waals surface area contributed by atoms with Gasteiger partial charge < -0.3 is 9.84 Å². The van der Waals surface area contributed by atoms with Crippen LogP contribution in [0.1, 0.15) is 22.8 Å². The van der Waals surface area contributed by atoms with E-state index in [9.17, 15) is 4.79 Å². The smallest absolute Gasteiger partial charge is 0.335 e. The first-order valence-corrected chi connectivity index (χ1v) is 4.79. The number of carbonyl (C=O) groups is 1. The molecule has 80 valence electrons. The Hall–Kier alpha value is -1.48. The molecule has 1 aromatic rings. The summed E-state index contributed by atoms with van der Waals surface area (Å²) < 4.78 is 5.18. The second kappa shape index (κ2) is 4.84. The van der Waals surface area contributed by atoms with E-state index >= 15 is 0 Å². The van der Waals surface area contributed by atoms with Crippen LogP contribution < -0.4 is 0 Å². The van der Waals surface area contributed by atoms with Crippen LogP contribution in [0.25, 0.3) is 5.76 Å². The maximum atomic E-state index is 10.6. The summed E-state index contributed by atoms with van der Waals surface area (Å²) in [6.45, 7) is 6.03. The summed E-state index contributed by atoms with van der Waals surface area (Å²) in [5.74, 6) is -0.565. The summed E-state index contributed by atoms with van der Waals surface area (Å²) in [5.41, 5.74) is 0.761. The Kier molecular flexibility index (Phi) is 3.74. The van der Waals surface area contributed by atoms with E-state index in [-0.39, 0.29) is 5.56 Å². The Morgan fingerprint density at radius 1 is 1.60 bits per heavy atom. The molecular weight excluding hydrogens is 216 g/mol. The van der Waals surface area contributed by atoms with Gasteiger partial charge in [-0.15, -0.1) is 0 Å². The molecule has 0 aliphatic rings. The molecule has 0 aliphatic heterocycles. The molecule has 0 spiro atoms. The van der Waals surface area contributed by atoms with E-state index in [1.807, 2.05) is 6.92 Å². The van der Waals surface area contributed by atoms with Gasteiger partial charge in [-0.3, -0.25) is 0 Å². The van der Waals surface area contributed by atoms with E-state index < -0.39 is 5.97 Å². The van der Waals surface area contributed by atoms with Gasteiger partial charge in [0.05, 0.1) is 17.2 Å². The first-order valence-electron chi connectivity index (χ1n) is 4.41. The molecule has 15 heavy (non-hydrogen) atoms. The summed E-state index contributed by atoms with van der Waals surface area (Å²) in [6, 6.07) is 4.43. The van der Waals surface area contributed by atoms with Gasteiger partial charge in [-0.2, -0.15) is 0 Å². The van der Waals surface area contributed by atoms with Crippen molar-refractivity contribution in [1.82, 2.24) is 0 Å². The Balaban J connectivity index is 3.03. The lowest BCUT2D eigenvalue weighted by Gasteiger charge is -2.09. The number of carboxylic acids is 1. The molecule has 0 saturated carbocycles. The first-order chi connectivity index (χ1) is 7.06. The lowest BCUT2D eigenvalue weighted by atomic mass is 10.1. The van der Waals surface area contributed by atoms with Gasteiger partial charge in [-0.05, 0) is 25.1 Å². The fraction of sp³-hybridized carbons (Fsp3) is 0.182. The first kappa shape index (κ1) is 11.6. The summed E-state index contributed by atoms with van der Waals surface area (Å²) in [6.07, 6.45) is 0. The predicted molar refractivity (Wildman–Crippen MR) is 59.1 cm³/mol. The Morgan fingerprint density at radius 3 is 2.73 bits per heavy atom. The van der Waals surface area contributed by atoms with Gasteiger partial charge >= 0.3 is 5.97 Å². The van der Waals surface area contributed by atoms with Crippen molar-refractivity contribution >= 4 is 23.3 Å². The third-order valence-corrected chi connectivity index (χ3v) is 2.15. The van der Waals surface area contributed by atoms with Gasteiger partial charge in [0.2, 0.25) is 0 Å². The quantitative estimate of drug-likeness (QED) is 0.803. The second-order valence-electron chi connectivity index (χ2n) is 2.86. The largest absolute Gasteiger partial charge is 0.494 e. The predicted octanol–water partition coefficient (Wildman–Crippen LogP) is 3.05. The molecule has 0 heterocycles. The molecule has 0 radical (unpaired) electrons. The third kappa shape index (κ3) is 2.73. The van der Waals surface area contributed by atoms with E-state index in [4.69, 9.17) is 21.4 Å². The number of rotatable bonds is 4. The molecule has 0 fully saturated rings. The highest BCUT2D eigenvalue weighted by atomic mass is 35.5. The summed E-state index contributed by atoms with van der Waals surface area (Å²) in [7, 11) is 0. The molecule has 0 bridgehead atoms. The van der Waals surface area contributed by atoms with Crippen molar-refractivity contribution in [2.24, 2.45) is 0 Å². The fourth-order valence-corrected chi connectivity index (χ4v) is 1.41. The summed E-state index contributed by atoms with van der Waals surface area (Å²) >= 11 is 5.90. The monoisotopic (exact) mass is 226 g/mol. The molecule has 4 heteroatoms. The van der Waals surface area contributed by atoms with Crippen LogP contribution in [0.2, 0.25) is 5.02 Å². The average molecular weight is 227 g/mol. The van der Waals surface area contributed by atoms with Crippen molar-refractivity contribution in [3.05, 3.63) is 40.9 Å². The molecule has 1 N–H and O–H groups in total. The minimum Gasteiger partial charge on any atom is -0.494 e. The topological polar surface area (TPSA) is 46.5 Å². The third-order valence-electron chi connectivity index (χ3n) is 1.84. The van der Waals surface area contributed by atoms with Crippen molar-refractivity contribution < 1.29 is 14.6 Å². The van der Waals surface area contributed by atoms with E-state index in [2.05, 4.69) is 6.58 Å². The number of halogens is 1. The van der Waals surface area contributed by atoms with Gasteiger partial charge in [0.1, 0.15) is 5.76 Å². The van der Waals surface area contributed by atoms with Crippen LogP contribution in [0.4, 0.5) is 0 Å².